The van der Waals surface area contributed by atoms with E-state index in [2.05, 4.69) is 26.8 Å². The van der Waals surface area contributed by atoms with Crippen LogP contribution in [0.2, 0.25) is 0 Å². The Hall–Kier alpha value is -0.550. The SMILES string of the molecule is CC(C)[C@]1(C)OCCC[C@H]1C#N. The van der Waals surface area contributed by atoms with Crippen molar-refractivity contribution in [3.05, 3.63) is 0 Å². The van der Waals surface area contributed by atoms with Gasteiger partial charge in [-0.25, -0.2) is 0 Å². The lowest BCUT2D eigenvalue weighted by molar-refractivity contribution is -0.118. The summed E-state index contributed by atoms with van der Waals surface area (Å²) >= 11 is 0. The summed E-state index contributed by atoms with van der Waals surface area (Å²) in [5.41, 5.74) is -0.215. The summed E-state index contributed by atoms with van der Waals surface area (Å²) in [7, 11) is 0. The molecule has 0 N–H and O–H groups in total. The predicted molar refractivity (Wildman–Crippen MR) is 47.5 cm³/mol. The van der Waals surface area contributed by atoms with Crippen LogP contribution in [0.5, 0.6) is 0 Å². The van der Waals surface area contributed by atoms with Crippen LogP contribution in [0.15, 0.2) is 0 Å². The quantitative estimate of drug-likeness (QED) is 0.600. The minimum absolute atomic E-state index is 0.0752. The van der Waals surface area contributed by atoms with Gasteiger partial charge in [-0.05, 0) is 25.7 Å². The van der Waals surface area contributed by atoms with Gasteiger partial charge < -0.3 is 4.74 Å². The summed E-state index contributed by atoms with van der Waals surface area (Å²) in [5.74, 6) is 0.494. The normalized spacial score (nSPS) is 36.4. The Balaban J connectivity index is 2.77. The molecule has 2 atom stereocenters. The zero-order chi connectivity index (χ0) is 9.19. The Morgan fingerprint density at radius 2 is 2.25 bits per heavy atom. The average Bonchev–Trinajstić information content (AvgIpc) is 2.05. The van der Waals surface area contributed by atoms with Crippen LogP contribution in [0.4, 0.5) is 0 Å². The average molecular weight is 167 g/mol. The monoisotopic (exact) mass is 167 g/mol. The van der Waals surface area contributed by atoms with Gasteiger partial charge in [-0.15, -0.1) is 0 Å². The first-order chi connectivity index (χ1) is 5.61. The molecule has 0 bridgehead atoms. The Bertz CT molecular complexity index is 195. The fourth-order valence-electron chi connectivity index (χ4n) is 1.73. The van der Waals surface area contributed by atoms with Crippen LogP contribution >= 0.6 is 0 Å². The molecule has 0 spiro atoms. The van der Waals surface area contributed by atoms with Crippen molar-refractivity contribution in [3.8, 4) is 6.07 Å². The lowest BCUT2D eigenvalue weighted by atomic mass is 9.77. The molecular weight excluding hydrogens is 150 g/mol. The van der Waals surface area contributed by atoms with Crippen molar-refractivity contribution in [3.63, 3.8) is 0 Å². The van der Waals surface area contributed by atoms with Gasteiger partial charge in [0, 0.05) is 6.61 Å². The smallest absolute Gasteiger partial charge is 0.0834 e. The maximum atomic E-state index is 8.95. The highest BCUT2D eigenvalue weighted by molar-refractivity contribution is 5.00. The third kappa shape index (κ3) is 1.47. The molecule has 0 radical (unpaired) electrons. The molecule has 0 aliphatic carbocycles. The molecule has 68 valence electrons. The molecule has 2 heteroatoms. The van der Waals surface area contributed by atoms with Crippen LogP contribution in [0, 0.1) is 23.2 Å². The number of nitriles is 1. The summed E-state index contributed by atoms with van der Waals surface area (Å²) in [6, 6.07) is 2.35. The van der Waals surface area contributed by atoms with Crippen LogP contribution in [0.1, 0.15) is 33.6 Å². The fourth-order valence-corrected chi connectivity index (χ4v) is 1.73. The van der Waals surface area contributed by atoms with Crippen molar-refractivity contribution in [2.24, 2.45) is 11.8 Å². The highest BCUT2D eigenvalue weighted by atomic mass is 16.5. The zero-order valence-electron chi connectivity index (χ0n) is 8.13. The van der Waals surface area contributed by atoms with Crippen molar-refractivity contribution in [1.29, 1.82) is 5.26 Å². The molecule has 0 aromatic heterocycles. The number of hydrogen-bond acceptors (Lipinski definition) is 2. The number of nitrogens with zero attached hydrogens (tertiary/aromatic N) is 1. The van der Waals surface area contributed by atoms with Crippen LogP contribution in [0.3, 0.4) is 0 Å². The van der Waals surface area contributed by atoms with E-state index < -0.39 is 0 Å². The summed E-state index contributed by atoms with van der Waals surface area (Å²) in [6.07, 6.45) is 2.02. The predicted octanol–water partition coefficient (Wildman–Crippen LogP) is 2.35. The van der Waals surface area contributed by atoms with Gasteiger partial charge in [0.15, 0.2) is 0 Å². The van der Waals surface area contributed by atoms with E-state index in [1.54, 1.807) is 0 Å². The summed E-state index contributed by atoms with van der Waals surface area (Å²) < 4.78 is 5.71. The van der Waals surface area contributed by atoms with E-state index >= 15 is 0 Å². The second-order valence-electron chi connectivity index (χ2n) is 4.01. The van der Waals surface area contributed by atoms with Gasteiger partial charge in [-0.3, -0.25) is 0 Å². The van der Waals surface area contributed by atoms with Crippen LogP contribution in [-0.4, -0.2) is 12.2 Å². The molecule has 0 saturated carbocycles. The molecule has 0 amide bonds. The van der Waals surface area contributed by atoms with Gasteiger partial charge in [0.1, 0.15) is 0 Å². The minimum atomic E-state index is -0.215. The Morgan fingerprint density at radius 3 is 2.67 bits per heavy atom. The Kier molecular flexibility index (Phi) is 2.74. The Morgan fingerprint density at radius 1 is 1.58 bits per heavy atom. The van der Waals surface area contributed by atoms with E-state index in [9.17, 15) is 0 Å². The van der Waals surface area contributed by atoms with Crippen LogP contribution < -0.4 is 0 Å². The molecule has 0 aromatic rings. The number of ether oxygens (including phenoxy) is 1. The van der Waals surface area contributed by atoms with E-state index in [1.807, 2.05) is 0 Å². The molecular formula is C10H17NO. The van der Waals surface area contributed by atoms with Crippen molar-refractivity contribution < 1.29 is 4.74 Å². The largest absolute Gasteiger partial charge is 0.374 e. The first-order valence-electron chi connectivity index (χ1n) is 4.65. The van der Waals surface area contributed by atoms with Crippen molar-refractivity contribution in [1.82, 2.24) is 0 Å². The van der Waals surface area contributed by atoms with Gasteiger partial charge >= 0.3 is 0 Å². The van der Waals surface area contributed by atoms with E-state index in [-0.39, 0.29) is 11.5 Å². The fraction of sp³-hybridized carbons (Fsp3) is 0.900. The summed E-state index contributed by atoms with van der Waals surface area (Å²) in [4.78, 5) is 0. The van der Waals surface area contributed by atoms with Gasteiger partial charge in [0.25, 0.3) is 0 Å². The van der Waals surface area contributed by atoms with Gasteiger partial charge in [0.2, 0.25) is 0 Å². The van der Waals surface area contributed by atoms with E-state index in [0.29, 0.717) is 5.92 Å². The second-order valence-corrected chi connectivity index (χ2v) is 4.01. The van der Waals surface area contributed by atoms with Crippen LogP contribution in [-0.2, 0) is 4.74 Å². The second kappa shape index (κ2) is 3.45. The molecule has 1 rings (SSSR count). The topological polar surface area (TPSA) is 33.0 Å². The highest BCUT2D eigenvalue weighted by Gasteiger charge is 2.40. The highest BCUT2D eigenvalue weighted by Crippen LogP contribution is 2.36. The lowest BCUT2D eigenvalue weighted by Gasteiger charge is -2.41. The maximum absolute atomic E-state index is 8.95. The first-order valence-corrected chi connectivity index (χ1v) is 4.65. The molecule has 1 fully saturated rings. The first kappa shape index (κ1) is 9.54. The molecule has 12 heavy (non-hydrogen) atoms. The van der Waals surface area contributed by atoms with E-state index in [1.165, 1.54) is 0 Å². The van der Waals surface area contributed by atoms with Gasteiger partial charge in [-0.1, -0.05) is 13.8 Å². The van der Waals surface area contributed by atoms with E-state index in [4.69, 9.17) is 10.00 Å². The zero-order valence-corrected chi connectivity index (χ0v) is 8.13. The third-order valence-electron chi connectivity index (χ3n) is 3.04. The summed E-state index contributed by atoms with van der Waals surface area (Å²) in [5, 5.41) is 8.95. The van der Waals surface area contributed by atoms with E-state index in [0.717, 1.165) is 19.4 Å². The summed E-state index contributed by atoms with van der Waals surface area (Å²) in [6.45, 7) is 7.11. The molecule has 1 heterocycles. The maximum Gasteiger partial charge on any atom is 0.0834 e. The standard InChI is InChI=1S/C10H17NO/c1-8(2)10(3)9(7-11)5-4-6-12-10/h8-9H,4-6H2,1-3H3/t9-,10-/m0/s1. The Labute approximate surface area is 74.5 Å². The minimum Gasteiger partial charge on any atom is -0.374 e. The molecule has 2 nitrogen and oxygen atoms in total. The molecule has 0 aromatic carbocycles. The third-order valence-corrected chi connectivity index (χ3v) is 3.04. The van der Waals surface area contributed by atoms with Crippen molar-refractivity contribution >= 4 is 0 Å². The van der Waals surface area contributed by atoms with Gasteiger partial charge in [0.05, 0.1) is 17.6 Å². The van der Waals surface area contributed by atoms with Crippen molar-refractivity contribution in [2.45, 2.75) is 39.2 Å². The number of hydrogen-bond donors (Lipinski definition) is 0. The van der Waals surface area contributed by atoms with Gasteiger partial charge in [-0.2, -0.15) is 5.26 Å². The molecule has 1 aliphatic heterocycles. The lowest BCUT2D eigenvalue weighted by Crippen LogP contribution is -2.45. The number of rotatable bonds is 1. The van der Waals surface area contributed by atoms with Crippen molar-refractivity contribution in [2.75, 3.05) is 6.61 Å². The molecule has 1 saturated heterocycles. The molecule has 0 unspecified atom stereocenters. The van der Waals surface area contributed by atoms with Crippen LogP contribution in [0.25, 0.3) is 0 Å². The molecule has 1 aliphatic rings.